The average molecular weight is 274 g/mol. The van der Waals surface area contributed by atoms with E-state index in [1.807, 2.05) is 0 Å². The molecule has 0 radical (unpaired) electrons. The Kier molecular flexibility index (Phi) is 3.22. The van der Waals surface area contributed by atoms with E-state index in [4.69, 9.17) is 0 Å². The van der Waals surface area contributed by atoms with E-state index in [2.05, 4.69) is 10.9 Å². The Morgan fingerprint density at radius 1 is 0.737 bits per heavy atom. The van der Waals surface area contributed by atoms with Crippen LogP contribution >= 0.6 is 0 Å². The molecule has 1 saturated heterocycles. The van der Waals surface area contributed by atoms with Crippen molar-refractivity contribution in [1.29, 1.82) is 0 Å². The molecular weight excluding hydrogens is 260 g/mol. The van der Waals surface area contributed by atoms with E-state index in [1.54, 1.807) is 30.3 Å². The maximum Gasteiger partial charge on any atom is 0.167 e. The summed E-state index contributed by atoms with van der Waals surface area (Å²) in [5.74, 6) is -0.959. The van der Waals surface area contributed by atoms with Gasteiger partial charge in [0.25, 0.3) is 0 Å². The highest BCUT2D eigenvalue weighted by Crippen LogP contribution is 2.42. The van der Waals surface area contributed by atoms with Crippen molar-refractivity contribution in [2.24, 2.45) is 5.92 Å². The van der Waals surface area contributed by atoms with Crippen LogP contribution in [0.5, 0.6) is 0 Å². The third-order valence-corrected chi connectivity index (χ3v) is 3.99. The second-order valence-corrected chi connectivity index (χ2v) is 5.06. The molecule has 1 aliphatic heterocycles. The lowest BCUT2D eigenvalue weighted by molar-refractivity contribution is -0.0527. The van der Waals surface area contributed by atoms with Crippen molar-refractivity contribution >= 4 is 0 Å². The minimum absolute atomic E-state index is 0.565. The summed E-state index contributed by atoms with van der Waals surface area (Å²) in [4.78, 5) is 0. The first-order valence-corrected chi connectivity index (χ1v) is 6.23. The fourth-order valence-corrected chi connectivity index (χ4v) is 2.99. The van der Waals surface area contributed by atoms with Crippen molar-refractivity contribution in [2.45, 2.75) is 36.8 Å². The van der Waals surface area contributed by atoms with Crippen molar-refractivity contribution < 1.29 is 17.6 Å². The minimum atomic E-state index is -2.42. The fraction of sp³-hybridized carbons (Fsp3) is 0.538. The predicted octanol–water partition coefficient (Wildman–Crippen LogP) is 2.19. The predicted molar refractivity (Wildman–Crippen MR) is 62.3 cm³/mol. The van der Waals surface area contributed by atoms with Gasteiger partial charge in [0.1, 0.15) is 6.17 Å². The molecule has 7 atom stereocenters. The molecule has 0 aromatic heterocycles. The molecule has 0 spiro atoms. The number of benzene rings is 1. The van der Waals surface area contributed by atoms with Crippen molar-refractivity contribution in [2.75, 3.05) is 0 Å². The number of nitrogens with one attached hydrogen (secondary N) is 2. The largest absolute Gasteiger partial charge is 0.251 e. The van der Waals surface area contributed by atoms with E-state index in [9.17, 15) is 17.6 Å². The van der Waals surface area contributed by atoms with Crippen LogP contribution in [-0.4, -0.2) is 30.7 Å². The zero-order valence-corrected chi connectivity index (χ0v) is 9.94. The van der Waals surface area contributed by atoms with Gasteiger partial charge in [-0.15, -0.1) is 0 Å². The lowest BCUT2D eigenvalue weighted by Gasteiger charge is -2.37. The second kappa shape index (κ2) is 4.76. The van der Waals surface area contributed by atoms with Crippen LogP contribution in [0.3, 0.4) is 0 Å². The van der Waals surface area contributed by atoms with Crippen LogP contribution in [0.2, 0.25) is 0 Å². The lowest BCUT2D eigenvalue weighted by atomic mass is 9.75. The van der Waals surface area contributed by atoms with E-state index >= 15 is 0 Å². The first-order chi connectivity index (χ1) is 9.11. The number of alkyl halides is 4. The molecule has 3 rings (SSSR count). The molecule has 104 valence electrons. The standard InChI is InChI=1S/C13H14F4N2/c14-8-7-12(6-4-2-1-3-5-6)18-19-13(7)11(17)10(16)9(8)15/h1-5,7-13,18-19H. The van der Waals surface area contributed by atoms with Crippen LogP contribution in [0.15, 0.2) is 30.3 Å². The number of hydrazine groups is 1. The Morgan fingerprint density at radius 3 is 2.05 bits per heavy atom. The molecule has 1 aromatic rings. The van der Waals surface area contributed by atoms with Crippen LogP contribution in [0.1, 0.15) is 11.6 Å². The Labute approximate surface area is 108 Å². The van der Waals surface area contributed by atoms with Crippen LogP contribution in [-0.2, 0) is 0 Å². The summed E-state index contributed by atoms with van der Waals surface area (Å²) < 4.78 is 54.6. The van der Waals surface area contributed by atoms with E-state index in [-0.39, 0.29) is 0 Å². The normalized spacial score (nSPS) is 46.0. The van der Waals surface area contributed by atoms with E-state index in [0.717, 1.165) is 5.56 Å². The molecule has 1 saturated carbocycles. The zero-order chi connectivity index (χ0) is 13.6. The number of fused-ring (bicyclic) bond motifs is 1. The van der Waals surface area contributed by atoms with Crippen LogP contribution in [0, 0.1) is 5.92 Å². The summed E-state index contributed by atoms with van der Waals surface area (Å²) in [6.07, 6.45) is -8.91. The SMILES string of the molecule is FC1C(F)C(F)C2C(c3ccccc3)NNC2C1F. The molecule has 19 heavy (non-hydrogen) atoms. The quantitative estimate of drug-likeness (QED) is 0.767. The number of rotatable bonds is 1. The monoisotopic (exact) mass is 274 g/mol. The molecule has 1 aromatic carbocycles. The smallest absolute Gasteiger partial charge is 0.167 e. The van der Waals surface area contributed by atoms with Gasteiger partial charge in [0.05, 0.1) is 12.1 Å². The summed E-state index contributed by atoms with van der Waals surface area (Å²) in [5, 5.41) is 0. The van der Waals surface area contributed by atoms with Crippen molar-refractivity contribution in [3.63, 3.8) is 0 Å². The summed E-state index contributed by atoms with van der Waals surface area (Å²) >= 11 is 0. The Hall–Kier alpha value is -1.14. The van der Waals surface area contributed by atoms with Gasteiger partial charge in [0, 0.05) is 5.92 Å². The van der Waals surface area contributed by atoms with Gasteiger partial charge in [-0.3, -0.25) is 5.43 Å². The third-order valence-electron chi connectivity index (χ3n) is 3.99. The Morgan fingerprint density at radius 2 is 1.37 bits per heavy atom. The average Bonchev–Trinajstić information content (AvgIpc) is 2.88. The van der Waals surface area contributed by atoms with Crippen molar-refractivity contribution in [3.8, 4) is 0 Å². The summed E-state index contributed by atoms with van der Waals surface area (Å²) in [6.45, 7) is 0. The van der Waals surface area contributed by atoms with E-state index in [0.29, 0.717) is 0 Å². The Bertz CT molecular complexity index is 444. The third kappa shape index (κ3) is 1.94. The maximum absolute atomic E-state index is 14.0. The molecule has 2 fully saturated rings. The van der Waals surface area contributed by atoms with Crippen LogP contribution in [0.25, 0.3) is 0 Å². The van der Waals surface area contributed by atoms with Crippen LogP contribution in [0.4, 0.5) is 17.6 Å². The first-order valence-electron chi connectivity index (χ1n) is 6.23. The van der Waals surface area contributed by atoms with Gasteiger partial charge in [0.15, 0.2) is 18.5 Å². The van der Waals surface area contributed by atoms with E-state index < -0.39 is 42.7 Å². The molecule has 2 nitrogen and oxygen atoms in total. The van der Waals surface area contributed by atoms with Gasteiger partial charge in [0.2, 0.25) is 0 Å². The summed E-state index contributed by atoms with van der Waals surface area (Å²) in [7, 11) is 0. The molecule has 1 heterocycles. The first kappa shape index (κ1) is 12.9. The molecular formula is C13H14F4N2. The highest BCUT2D eigenvalue weighted by atomic mass is 19.2. The van der Waals surface area contributed by atoms with Gasteiger partial charge in [-0.05, 0) is 5.56 Å². The molecule has 0 amide bonds. The molecule has 1 aliphatic carbocycles. The maximum atomic E-state index is 14.0. The summed E-state index contributed by atoms with van der Waals surface area (Å²) in [5.41, 5.74) is 6.04. The van der Waals surface area contributed by atoms with Crippen molar-refractivity contribution in [1.82, 2.24) is 10.9 Å². The molecule has 2 N–H and O–H groups in total. The van der Waals surface area contributed by atoms with Crippen LogP contribution < -0.4 is 10.9 Å². The minimum Gasteiger partial charge on any atom is -0.251 e. The Balaban J connectivity index is 1.91. The van der Waals surface area contributed by atoms with Gasteiger partial charge in [-0.1, -0.05) is 30.3 Å². The topological polar surface area (TPSA) is 24.1 Å². The van der Waals surface area contributed by atoms with Gasteiger partial charge in [-0.25, -0.2) is 23.0 Å². The fourth-order valence-electron chi connectivity index (χ4n) is 2.99. The number of halogens is 4. The van der Waals surface area contributed by atoms with Crippen molar-refractivity contribution in [3.05, 3.63) is 35.9 Å². The molecule has 6 heteroatoms. The van der Waals surface area contributed by atoms with Gasteiger partial charge >= 0.3 is 0 Å². The second-order valence-electron chi connectivity index (χ2n) is 5.06. The number of hydrogen-bond acceptors (Lipinski definition) is 2. The molecule has 2 aliphatic rings. The van der Waals surface area contributed by atoms with Gasteiger partial charge < -0.3 is 0 Å². The summed E-state index contributed by atoms with van der Waals surface area (Å²) in [6, 6.07) is 7.20. The highest BCUT2D eigenvalue weighted by molar-refractivity contribution is 5.24. The highest BCUT2D eigenvalue weighted by Gasteiger charge is 2.57. The molecule has 0 bridgehead atoms. The van der Waals surface area contributed by atoms with E-state index in [1.165, 1.54) is 0 Å². The number of hydrogen-bond donors (Lipinski definition) is 2. The lowest BCUT2D eigenvalue weighted by Crippen LogP contribution is -2.57. The molecule has 7 unspecified atom stereocenters. The zero-order valence-electron chi connectivity index (χ0n) is 9.94. The van der Waals surface area contributed by atoms with Gasteiger partial charge in [-0.2, -0.15) is 0 Å².